The maximum absolute atomic E-state index is 13.1. The van der Waals surface area contributed by atoms with Gasteiger partial charge < -0.3 is 19.9 Å². The Balaban J connectivity index is 1.22. The summed E-state index contributed by atoms with van der Waals surface area (Å²) in [6, 6.07) is 2.37. The van der Waals surface area contributed by atoms with Crippen LogP contribution in [0.15, 0.2) is 23.3 Å². The lowest BCUT2D eigenvalue weighted by atomic mass is 10.0. The Bertz CT molecular complexity index is 1600. The lowest BCUT2D eigenvalue weighted by molar-refractivity contribution is 0.0491. The van der Waals surface area contributed by atoms with Crippen LogP contribution in [0.4, 0.5) is 0 Å². The van der Waals surface area contributed by atoms with Crippen LogP contribution in [0.25, 0.3) is 27.3 Å². The standard InChI is InChI=1S/C33H43N3O7/c1-2-3-4-5-6-7-8-9-10-11-12-13-14-15-16-17-18-43-33(42)24-19-23-27(35-24)26-22(31(38)39)20-25(32(40)41)36-21-34-28(29(26)36)30(23)37/h19-21,35H,2-18H2,1H3,(H,38,39)(H,40,41). The smallest absolute Gasteiger partial charge is 0.354 e. The van der Waals surface area contributed by atoms with Crippen molar-refractivity contribution in [1.29, 1.82) is 0 Å². The number of H-pyrrole nitrogens is 1. The molecule has 43 heavy (non-hydrogen) atoms. The summed E-state index contributed by atoms with van der Waals surface area (Å²) in [4.78, 5) is 56.6. The molecule has 0 atom stereocenters. The number of fused-ring (bicyclic) bond motifs is 2. The van der Waals surface area contributed by atoms with Crippen LogP contribution in [0.2, 0.25) is 0 Å². The molecule has 3 aromatic heterocycles. The number of imidazole rings is 1. The van der Waals surface area contributed by atoms with E-state index in [-0.39, 0.29) is 50.9 Å². The van der Waals surface area contributed by atoms with Crippen molar-refractivity contribution in [3.63, 3.8) is 0 Å². The number of unbranched alkanes of at least 4 members (excludes halogenated alkanes) is 15. The zero-order chi connectivity index (χ0) is 30.8. The normalized spacial score (nSPS) is 11.7. The van der Waals surface area contributed by atoms with E-state index in [0.29, 0.717) is 0 Å². The molecule has 10 nitrogen and oxygen atoms in total. The van der Waals surface area contributed by atoms with E-state index in [2.05, 4.69) is 16.9 Å². The largest absolute Gasteiger partial charge is 0.478 e. The molecule has 0 aliphatic carbocycles. The molecule has 0 aliphatic heterocycles. The second-order valence-corrected chi connectivity index (χ2v) is 11.5. The number of rotatable bonds is 20. The molecule has 0 radical (unpaired) electrons. The van der Waals surface area contributed by atoms with Crippen molar-refractivity contribution >= 4 is 45.2 Å². The zero-order valence-corrected chi connectivity index (χ0v) is 25.1. The predicted molar refractivity (Wildman–Crippen MR) is 166 cm³/mol. The summed E-state index contributed by atoms with van der Waals surface area (Å²) in [6.07, 6.45) is 21.2. The molecule has 4 aromatic rings. The Labute approximate surface area is 250 Å². The number of pyridine rings is 1. The topological polar surface area (TPSA) is 151 Å². The van der Waals surface area contributed by atoms with Crippen molar-refractivity contribution in [2.75, 3.05) is 6.61 Å². The Morgan fingerprint density at radius 3 is 1.91 bits per heavy atom. The number of carboxylic acid groups (broad SMARTS) is 2. The van der Waals surface area contributed by atoms with Gasteiger partial charge in [0.1, 0.15) is 23.2 Å². The third-order valence-electron chi connectivity index (χ3n) is 8.24. The van der Waals surface area contributed by atoms with E-state index >= 15 is 0 Å². The molecule has 0 fully saturated rings. The van der Waals surface area contributed by atoms with Gasteiger partial charge in [0.05, 0.1) is 28.6 Å². The summed E-state index contributed by atoms with van der Waals surface area (Å²) in [5.41, 5.74) is -1.02. The molecule has 10 heteroatoms. The number of hydrogen-bond acceptors (Lipinski definition) is 6. The lowest BCUT2D eigenvalue weighted by Crippen LogP contribution is -2.11. The average molecular weight is 594 g/mol. The van der Waals surface area contributed by atoms with E-state index < -0.39 is 23.3 Å². The van der Waals surface area contributed by atoms with Crippen molar-refractivity contribution in [2.24, 2.45) is 0 Å². The Kier molecular flexibility index (Phi) is 11.5. The fraction of sp³-hybridized carbons (Fsp3) is 0.545. The fourth-order valence-electron chi connectivity index (χ4n) is 5.89. The molecule has 0 amide bonds. The van der Waals surface area contributed by atoms with Crippen molar-refractivity contribution < 1.29 is 29.3 Å². The molecule has 0 bridgehead atoms. The van der Waals surface area contributed by atoms with E-state index in [1.807, 2.05) is 0 Å². The molecular formula is C33H43N3O7. The summed E-state index contributed by atoms with van der Waals surface area (Å²) < 4.78 is 6.60. The van der Waals surface area contributed by atoms with Gasteiger partial charge in [-0.25, -0.2) is 19.4 Å². The third-order valence-corrected chi connectivity index (χ3v) is 8.24. The van der Waals surface area contributed by atoms with Gasteiger partial charge in [0.15, 0.2) is 0 Å². The van der Waals surface area contributed by atoms with E-state index in [0.717, 1.165) is 25.3 Å². The lowest BCUT2D eigenvalue weighted by Gasteiger charge is -2.08. The number of ether oxygens (including phenoxy) is 1. The van der Waals surface area contributed by atoms with Crippen LogP contribution in [-0.2, 0) is 4.74 Å². The van der Waals surface area contributed by atoms with Gasteiger partial charge in [0.25, 0.3) is 0 Å². The molecule has 4 rings (SSSR count). The zero-order valence-electron chi connectivity index (χ0n) is 25.1. The number of nitrogens with zero attached hydrogens (tertiary/aromatic N) is 2. The number of esters is 1. The van der Waals surface area contributed by atoms with Crippen LogP contribution in [0.3, 0.4) is 0 Å². The molecule has 0 unspecified atom stereocenters. The van der Waals surface area contributed by atoms with Gasteiger partial charge in [-0.05, 0) is 18.6 Å². The molecule has 0 saturated heterocycles. The highest BCUT2D eigenvalue weighted by molar-refractivity contribution is 6.20. The van der Waals surface area contributed by atoms with Crippen molar-refractivity contribution in [3.05, 3.63) is 45.6 Å². The van der Waals surface area contributed by atoms with E-state index in [1.54, 1.807) is 0 Å². The van der Waals surface area contributed by atoms with Crippen LogP contribution in [0, 0.1) is 0 Å². The first kappa shape index (κ1) is 32.0. The van der Waals surface area contributed by atoms with Crippen LogP contribution in [0.1, 0.15) is 141 Å². The molecular weight excluding hydrogens is 550 g/mol. The maximum atomic E-state index is 13.1. The fourth-order valence-corrected chi connectivity index (χ4v) is 5.89. The van der Waals surface area contributed by atoms with Gasteiger partial charge in [-0.2, -0.15) is 0 Å². The Morgan fingerprint density at radius 1 is 0.814 bits per heavy atom. The molecule has 3 heterocycles. The van der Waals surface area contributed by atoms with Gasteiger partial charge in [-0.15, -0.1) is 0 Å². The second-order valence-electron chi connectivity index (χ2n) is 11.5. The highest BCUT2D eigenvalue weighted by atomic mass is 16.5. The highest BCUT2D eigenvalue weighted by Gasteiger charge is 2.26. The van der Waals surface area contributed by atoms with Gasteiger partial charge in [0, 0.05) is 5.39 Å². The SMILES string of the molecule is CCCCCCCCCCCCCCCCCCOC(=O)c1cc2c(=O)c3ncn4c(C(=O)O)cc(C(=O)O)c(c2[nH]1)c34. The summed E-state index contributed by atoms with van der Waals surface area (Å²) >= 11 is 0. The Morgan fingerprint density at radius 2 is 1.37 bits per heavy atom. The van der Waals surface area contributed by atoms with Crippen LogP contribution in [-0.4, -0.2) is 49.1 Å². The minimum atomic E-state index is -1.37. The van der Waals surface area contributed by atoms with Crippen LogP contribution >= 0.6 is 0 Å². The number of carbonyl (C=O) groups is 3. The van der Waals surface area contributed by atoms with Gasteiger partial charge in [-0.3, -0.25) is 9.20 Å². The number of carbonyl (C=O) groups excluding carboxylic acids is 1. The van der Waals surface area contributed by atoms with E-state index in [9.17, 15) is 29.4 Å². The number of aromatic amines is 1. The van der Waals surface area contributed by atoms with Crippen molar-refractivity contribution in [3.8, 4) is 0 Å². The molecule has 1 aromatic carbocycles. The molecule has 0 aliphatic rings. The summed E-state index contributed by atoms with van der Waals surface area (Å²) in [5.74, 6) is -3.37. The minimum Gasteiger partial charge on any atom is -0.478 e. The Hall–Kier alpha value is -3.95. The number of carboxylic acids is 2. The number of aromatic nitrogens is 3. The summed E-state index contributed by atoms with van der Waals surface area (Å²) in [6.45, 7) is 2.50. The van der Waals surface area contributed by atoms with Crippen molar-refractivity contribution in [2.45, 2.75) is 110 Å². The van der Waals surface area contributed by atoms with Crippen LogP contribution < -0.4 is 5.43 Å². The molecule has 0 saturated carbocycles. The predicted octanol–water partition coefficient (Wildman–Crippen LogP) is 7.58. The monoisotopic (exact) mass is 593 g/mol. The quantitative estimate of drug-likeness (QED) is 0.0700. The minimum absolute atomic E-state index is 0.0248. The molecule has 3 N–H and O–H groups in total. The van der Waals surface area contributed by atoms with Gasteiger partial charge >= 0.3 is 17.9 Å². The number of hydrogen-bond donors (Lipinski definition) is 3. The van der Waals surface area contributed by atoms with Gasteiger partial charge in [0.2, 0.25) is 5.43 Å². The van der Waals surface area contributed by atoms with E-state index in [4.69, 9.17) is 4.74 Å². The average Bonchev–Trinajstić information content (AvgIpc) is 3.63. The van der Waals surface area contributed by atoms with Crippen molar-refractivity contribution in [1.82, 2.24) is 14.4 Å². The molecule has 0 spiro atoms. The summed E-state index contributed by atoms with van der Waals surface area (Å²) in [5, 5.41) is 19.6. The number of benzene rings is 1. The number of nitrogens with one attached hydrogen (secondary N) is 1. The first-order valence-corrected chi connectivity index (χ1v) is 15.8. The maximum Gasteiger partial charge on any atom is 0.354 e. The van der Waals surface area contributed by atoms with Gasteiger partial charge in [-0.1, -0.05) is 103 Å². The van der Waals surface area contributed by atoms with E-state index in [1.165, 1.54) is 100 Å². The van der Waals surface area contributed by atoms with Crippen LogP contribution in [0.5, 0.6) is 0 Å². The third kappa shape index (κ3) is 7.72. The second kappa shape index (κ2) is 15.5. The number of aromatic carboxylic acids is 2. The highest BCUT2D eigenvalue weighted by Crippen LogP contribution is 2.31. The summed E-state index contributed by atoms with van der Waals surface area (Å²) in [7, 11) is 0. The first-order chi connectivity index (χ1) is 20.8. The first-order valence-electron chi connectivity index (χ1n) is 15.8. The molecule has 232 valence electrons.